The van der Waals surface area contributed by atoms with Crippen LogP contribution >= 0.6 is 0 Å². The summed E-state index contributed by atoms with van der Waals surface area (Å²) < 4.78 is 22.9. The van der Waals surface area contributed by atoms with Gasteiger partial charge in [0, 0.05) is 11.3 Å². The Morgan fingerprint density at radius 2 is 1.96 bits per heavy atom. The van der Waals surface area contributed by atoms with Gasteiger partial charge in [0.1, 0.15) is 18.1 Å². The molecule has 0 saturated carbocycles. The highest BCUT2D eigenvalue weighted by Crippen LogP contribution is 2.18. The summed E-state index contributed by atoms with van der Waals surface area (Å²) in [6.07, 6.45) is 0. The Kier molecular flexibility index (Phi) is 5.90. The minimum Gasteiger partial charge on any atom is -0.482 e. The first-order valence-corrected chi connectivity index (χ1v) is 8.17. The fraction of sp³-hybridized carbons (Fsp3) is 0.167. The van der Waals surface area contributed by atoms with Crippen molar-refractivity contribution in [1.29, 1.82) is 0 Å². The van der Waals surface area contributed by atoms with Gasteiger partial charge in [-0.15, -0.1) is 10.2 Å². The number of halogens is 1. The van der Waals surface area contributed by atoms with Crippen LogP contribution in [0.1, 0.15) is 0 Å². The van der Waals surface area contributed by atoms with Crippen LogP contribution in [-0.4, -0.2) is 45.8 Å². The number of benzene rings is 2. The van der Waals surface area contributed by atoms with Gasteiger partial charge in [0.15, 0.2) is 6.61 Å². The van der Waals surface area contributed by atoms with Crippen LogP contribution in [0, 0.1) is 5.82 Å². The van der Waals surface area contributed by atoms with Crippen molar-refractivity contribution in [3.05, 3.63) is 54.3 Å². The average molecular weight is 385 g/mol. The number of aromatic nitrogens is 4. The van der Waals surface area contributed by atoms with E-state index in [1.54, 1.807) is 30.3 Å². The number of methoxy groups -OCH3 is 1. The largest absolute Gasteiger partial charge is 0.482 e. The molecular formula is C18H16FN5O4. The predicted molar refractivity (Wildman–Crippen MR) is 95.8 cm³/mol. The van der Waals surface area contributed by atoms with Crippen LogP contribution < -0.4 is 10.1 Å². The topological polar surface area (TPSA) is 108 Å². The van der Waals surface area contributed by atoms with Gasteiger partial charge in [-0.05, 0) is 47.7 Å². The third-order valence-corrected chi connectivity index (χ3v) is 3.54. The van der Waals surface area contributed by atoms with E-state index in [1.165, 1.54) is 25.3 Å². The highest BCUT2D eigenvalue weighted by Gasteiger charge is 2.10. The molecule has 3 aromatic rings. The normalized spacial score (nSPS) is 10.4. The summed E-state index contributed by atoms with van der Waals surface area (Å²) in [5.41, 5.74) is 0.995. The molecule has 0 radical (unpaired) electrons. The Bertz CT molecular complexity index is 974. The molecule has 0 atom stereocenters. The lowest BCUT2D eigenvalue weighted by molar-refractivity contribution is -0.142. The molecule has 10 heteroatoms. The van der Waals surface area contributed by atoms with Crippen LogP contribution in [0.4, 0.5) is 10.1 Å². The van der Waals surface area contributed by atoms with Gasteiger partial charge in [-0.2, -0.15) is 4.80 Å². The summed E-state index contributed by atoms with van der Waals surface area (Å²) >= 11 is 0. The molecule has 1 amide bonds. The maximum absolute atomic E-state index is 13.1. The first kappa shape index (κ1) is 19.0. The number of ether oxygens (including phenoxy) is 2. The molecule has 28 heavy (non-hydrogen) atoms. The second kappa shape index (κ2) is 8.71. The molecule has 1 heterocycles. The molecule has 0 aliphatic rings. The summed E-state index contributed by atoms with van der Waals surface area (Å²) in [6.45, 7) is -0.367. The Hall–Kier alpha value is -3.82. The van der Waals surface area contributed by atoms with Gasteiger partial charge in [-0.1, -0.05) is 6.07 Å². The molecule has 144 valence electrons. The van der Waals surface area contributed by atoms with E-state index in [0.717, 1.165) is 4.80 Å². The number of rotatable bonds is 7. The minimum absolute atomic E-state index is 0.177. The number of nitrogens with one attached hydrogen (secondary N) is 1. The van der Waals surface area contributed by atoms with E-state index in [0.29, 0.717) is 22.8 Å². The second-order valence-corrected chi connectivity index (χ2v) is 5.59. The van der Waals surface area contributed by atoms with Crippen LogP contribution in [-0.2, 0) is 20.9 Å². The Balaban J connectivity index is 1.58. The molecule has 0 bridgehead atoms. The van der Waals surface area contributed by atoms with E-state index in [2.05, 4.69) is 25.5 Å². The molecule has 1 aromatic heterocycles. The number of anilines is 1. The molecule has 0 fully saturated rings. The third-order valence-electron chi connectivity index (χ3n) is 3.54. The van der Waals surface area contributed by atoms with Gasteiger partial charge in [0.05, 0.1) is 7.11 Å². The minimum atomic E-state index is -0.481. The van der Waals surface area contributed by atoms with Gasteiger partial charge < -0.3 is 14.8 Å². The zero-order chi connectivity index (χ0) is 19.9. The first-order valence-electron chi connectivity index (χ1n) is 8.17. The first-order chi connectivity index (χ1) is 13.5. The number of carbonyl (C=O) groups excluding carboxylic acids is 2. The molecule has 0 saturated heterocycles. The molecule has 9 nitrogen and oxygen atoms in total. The van der Waals surface area contributed by atoms with Crippen molar-refractivity contribution in [3.8, 4) is 17.1 Å². The number of nitrogens with zero attached hydrogens (tertiary/aromatic N) is 4. The van der Waals surface area contributed by atoms with Crippen LogP contribution in [0.2, 0.25) is 0 Å². The van der Waals surface area contributed by atoms with Gasteiger partial charge in [-0.3, -0.25) is 4.79 Å². The van der Waals surface area contributed by atoms with Crippen molar-refractivity contribution >= 4 is 17.6 Å². The molecule has 0 aliphatic carbocycles. The van der Waals surface area contributed by atoms with Crippen molar-refractivity contribution in [3.63, 3.8) is 0 Å². The third kappa shape index (κ3) is 5.10. The second-order valence-electron chi connectivity index (χ2n) is 5.59. The average Bonchev–Trinajstić information content (AvgIpc) is 3.14. The van der Waals surface area contributed by atoms with Crippen molar-refractivity contribution < 1.29 is 23.5 Å². The standard InChI is InChI=1S/C18H16FN5O4/c1-27-17(26)11-28-15-7-5-12(6-8-15)18-21-23-24(22-18)10-16(25)20-14-4-2-3-13(19)9-14/h2-9H,10-11H2,1H3,(H,20,25). The van der Waals surface area contributed by atoms with Crippen LogP contribution in [0.3, 0.4) is 0 Å². The van der Waals surface area contributed by atoms with E-state index >= 15 is 0 Å². The van der Waals surface area contributed by atoms with Gasteiger partial charge >= 0.3 is 5.97 Å². The summed E-state index contributed by atoms with van der Waals surface area (Å²) in [4.78, 5) is 24.2. The van der Waals surface area contributed by atoms with Crippen molar-refractivity contribution in [2.24, 2.45) is 0 Å². The van der Waals surface area contributed by atoms with Crippen molar-refractivity contribution in [2.45, 2.75) is 6.54 Å². The lowest BCUT2D eigenvalue weighted by Gasteiger charge is -2.05. The number of amides is 1. The number of carbonyl (C=O) groups is 2. The van der Waals surface area contributed by atoms with Gasteiger partial charge in [-0.25, -0.2) is 9.18 Å². The smallest absolute Gasteiger partial charge is 0.343 e. The molecule has 0 aliphatic heterocycles. The van der Waals surface area contributed by atoms with Gasteiger partial charge in [0.2, 0.25) is 11.7 Å². The van der Waals surface area contributed by atoms with Crippen LogP contribution in [0.25, 0.3) is 11.4 Å². The van der Waals surface area contributed by atoms with Crippen LogP contribution in [0.15, 0.2) is 48.5 Å². The number of tetrazole rings is 1. The Morgan fingerprint density at radius 1 is 1.18 bits per heavy atom. The van der Waals surface area contributed by atoms with Crippen molar-refractivity contribution in [1.82, 2.24) is 20.2 Å². The fourth-order valence-electron chi connectivity index (χ4n) is 2.22. The maximum Gasteiger partial charge on any atom is 0.343 e. The summed E-state index contributed by atoms with van der Waals surface area (Å²) in [6, 6.07) is 12.3. The monoisotopic (exact) mass is 385 g/mol. The summed E-state index contributed by atoms with van der Waals surface area (Å²) in [5, 5.41) is 14.4. The highest BCUT2D eigenvalue weighted by atomic mass is 19.1. The lowest BCUT2D eigenvalue weighted by Crippen LogP contribution is -2.20. The van der Waals surface area contributed by atoms with E-state index in [9.17, 15) is 14.0 Å². The highest BCUT2D eigenvalue weighted by molar-refractivity contribution is 5.90. The fourth-order valence-corrected chi connectivity index (χ4v) is 2.22. The van der Waals surface area contributed by atoms with E-state index in [1.807, 2.05) is 0 Å². The molecule has 3 rings (SSSR count). The van der Waals surface area contributed by atoms with Gasteiger partial charge in [0.25, 0.3) is 0 Å². The number of hydrogen-bond acceptors (Lipinski definition) is 7. The van der Waals surface area contributed by atoms with E-state index in [-0.39, 0.29) is 13.2 Å². The maximum atomic E-state index is 13.1. The zero-order valence-corrected chi connectivity index (χ0v) is 14.8. The number of esters is 1. The van der Waals surface area contributed by atoms with Crippen molar-refractivity contribution in [2.75, 3.05) is 19.0 Å². The summed E-state index contributed by atoms with van der Waals surface area (Å²) in [7, 11) is 1.28. The lowest BCUT2D eigenvalue weighted by atomic mass is 10.2. The Labute approximate surface area is 159 Å². The van der Waals surface area contributed by atoms with E-state index in [4.69, 9.17) is 4.74 Å². The quantitative estimate of drug-likeness (QED) is 0.616. The van der Waals surface area contributed by atoms with Crippen LogP contribution in [0.5, 0.6) is 5.75 Å². The number of hydrogen-bond donors (Lipinski definition) is 1. The SMILES string of the molecule is COC(=O)COc1ccc(-c2nnn(CC(=O)Nc3cccc(F)c3)n2)cc1. The Morgan fingerprint density at radius 3 is 2.68 bits per heavy atom. The molecular weight excluding hydrogens is 369 g/mol. The molecule has 0 spiro atoms. The van der Waals surface area contributed by atoms with E-state index < -0.39 is 17.7 Å². The summed E-state index contributed by atoms with van der Waals surface area (Å²) in [5.74, 6) is -0.543. The predicted octanol–water partition coefficient (Wildman–Crippen LogP) is 1.67. The zero-order valence-electron chi connectivity index (χ0n) is 14.8. The molecule has 2 aromatic carbocycles. The molecule has 0 unspecified atom stereocenters. The molecule has 1 N–H and O–H groups in total.